The standard InChI is InChI=1S/C15H23NO3/c1-10-5-4-6-12(7-10)16-9-13-8-14(11(2)19-13)15(17)18-3/h8,10,12,16H,4-7,9H2,1-3H3. The largest absolute Gasteiger partial charge is 0.465 e. The van der Waals surface area contributed by atoms with E-state index in [4.69, 9.17) is 9.15 Å². The summed E-state index contributed by atoms with van der Waals surface area (Å²) in [6.45, 7) is 4.77. The molecule has 0 aromatic carbocycles. The van der Waals surface area contributed by atoms with Crippen molar-refractivity contribution < 1.29 is 13.9 Å². The van der Waals surface area contributed by atoms with Gasteiger partial charge in [0.05, 0.1) is 13.7 Å². The van der Waals surface area contributed by atoms with Crippen molar-refractivity contribution in [3.8, 4) is 0 Å². The Labute approximate surface area is 114 Å². The second kappa shape index (κ2) is 6.24. The quantitative estimate of drug-likeness (QED) is 0.850. The molecule has 0 saturated heterocycles. The third-order valence-electron chi connectivity index (χ3n) is 3.88. The van der Waals surface area contributed by atoms with Crippen LogP contribution in [-0.4, -0.2) is 19.1 Å². The van der Waals surface area contributed by atoms with Crippen LogP contribution >= 0.6 is 0 Å². The van der Waals surface area contributed by atoms with Crippen LogP contribution in [0.15, 0.2) is 10.5 Å². The molecule has 2 rings (SSSR count). The normalized spacial score (nSPS) is 23.3. The molecule has 1 aliphatic rings. The fraction of sp³-hybridized carbons (Fsp3) is 0.667. The number of methoxy groups -OCH3 is 1. The average Bonchev–Trinajstić information content (AvgIpc) is 2.77. The Morgan fingerprint density at radius 1 is 1.53 bits per heavy atom. The highest BCUT2D eigenvalue weighted by molar-refractivity contribution is 5.90. The van der Waals surface area contributed by atoms with Crippen molar-refractivity contribution in [3.05, 3.63) is 23.2 Å². The maximum absolute atomic E-state index is 11.5. The van der Waals surface area contributed by atoms with Crippen molar-refractivity contribution in [2.24, 2.45) is 5.92 Å². The number of hydrogen-bond donors (Lipinski definition) is 1. The first kappa shape index (κ1) is 14.1. The first-order valence-corrected chi connectivity index (χ1v) is 7.01. The number of hydrogen-bond acceptors (Lipinski definition) is 4. The third kappa shape index (κ3) is 3.60. The van der Waals surface area contributed by atoms with Gasteiger partial charge in [-0.1, -0.05) is 19.8 Å². The molecule has 1 aromatic heterocycles. The van der Waals surface area contributed by atoms with E-state index in [0.29, 0.717) is 23.9 Å². The lowest BCUT2D eigenvalue weighted by molar-refractivity contribution is 0.0599. The summed E-state index contributed by atoms with van der Waals surface area (Å²) in [6.07, 6.45) is 5.09. The van der Waals surface area contributed by atoms with Crippen LogP contribution in [0, 0.1) is 12.8 Å². The van der Waals surface area contributed by atoms with Gasteiger partial charge in [0.2, 0.25) is 0 Å². The Kier molecular flexibility index (Phi) is 4.64. The van der Waals surface area contributed by atoms with Crippen molar-refractivity contribution >= 4 is 5.97 Å². The Morgan fingerprint density at radius 3 is 3.00 bits per heavy atom. The van der Waals surface area contributed by atoms with Gasteiger partial charge in [-0.3, -0.25) is 0 Å². The first-order valence-electron chi connectivity index (χ1n) is 7.01. The zero-order chi connectivity index (χ0) is 13.8. The fourth-order valence-corrected chi connectivity index (χ4v) is 2.81. The number of ether oxygens (including phenoxy) is 1. The van der Waals surface area contributed by atoms with E-state index in [9.17, 15) is 4.79 Å². The molecule has 0 radical (unpaired) electrons. The van der Waals surface area contributed by atoms with E-state index >= 15 is 0 Å². The number of nitrogens with one attached hydrogen (secondary N) is 1. The number of esters is 1. The minimum atomic E-state index is -0.334. The summed E-state index contributed by atoms with van der Waals surface area (Å²) in [5.41, 5.74) is 0.524. The summed E-state index contributed by atoms with van der Waals surface area (Å²) in [7, 11) is 1.39. The second-order valence-corrected chi connectivity index (χ2v) is 5.52. The number of furan rings is 1. The van der Waals surface area contributed by atoms with Gasteiger partial charge in [-0.05, 0) is 31.7 Å². The zero-order valence-electron chi connectivity index (χ0n) is 12.0. The molecule has 0 bridgehead atoms. The maximum atomic E-state index is 11.5. The summed E-state index contributed by atoms with van der Waals surface area (Å²) in [6, 6.07) is 2.34. The van der Waals surface area contributed by atoms with Gasteiger partial charge in [-0.15, -0.1) is 0 Å². The molecule has 4 heteroatoms. The lowest BCUT2D eigenvalue weighted by Gasteiger charge is -2.27. The van der Waals surface area contributed by atoms with Crippen LogP contribution in [0.2, 0.25) is 0 Å². The number of carbonyl (C=O) groups excluding carboxylic acids is 1. The highest BCUT2D eigenvalue weighted by Gasteiger charge is 2.20. The van der Waals surface area contributed by atoms with Crippen molar-refractivity contribution in [3.63, 3.8) is 0 Å². The van der Waals surface area contributed by atoms with E-state index in [2.05, 4.69) is 12.2 Å². The Balaban J connectivity index is 1.91. The zero-order valence-corrected chi connectivity index (χ0v) is 12.0. The minimum Gasteiger partial charge on any atom is -0.465 e. The van der Waals surface area contributed by atoms with E-state index < -0.39 is 0 Å². The highest BCUT2D eigenvalue weighted by atomic mass is 16.5. The van der Waals surface area contributed by atoms with Gasteiger partial charge < -0.3 is 14.5 Å². The van der Waals surface area contributed by atoms with E-state index in [1.54, 1.807) is 13.0 Å². The van der Waals surface area contributed by atoms with E-state index in [0.717, 1.165) is 11.7 Å². The van der Waals surface area contributed by atoms with E-state index in [1.165, 1.54) is 32.8 Å². The smallest absolute Gasteiger partial charge is 0.341 e. The van der Waals surface area contributed by atoms with Crippen LogP contribution in [0.1, 0.15) is 54.5 Å². The molecular formula is C15H23NO3. The van der Waals surface area contributed by atoms with Crippen LogP contribution in [0.5, 0.6) is 0 Å². The molecule has 1 heterocycles. The monoisotopic (exact) mass is 265 g/mol. The third-order valence-corrected chi connectivity index (χ3v) is 3.88. The van der Waals surface area contributed by atoms with Crippen LogP contribution in [0.25, 0.3) is 0 Å². The maximum Gasteiger partial charge on any atom is 0.341 e. The summed E-state index contributed by atoms with van der Waals surface area (Å²) in [5, 5.41) is 3.52. The van der Waals surface area contributed by atoms with Crippen LogP contribution in [0.4, 0.5) is 0 Å². The van der Waals surface area contributed by atoms with E-state index in [1.807, 2.05) is 0 Å². The number of aryl methyl sites for hydroxylation is 1. The predicted molar refractivity (Wildman–Crippen MR) is 73.0 cm³/mol. The molecule has 1 saturated carbocycles. The Morgan fingerprint density at radius 2 is 2.32 bits per heavy atom. The van der Waals surface area contributed by atoms with Crippen molar-refractivity contribution in [1.82, 2.24) is 5.32 Å². The van der Waals surface area contributed by atoms with Gasteiger partial charge >= 0.3 is 5.97 Å². The molecule has 19 heavy (non-hydrogen) atoms. The SMILES string of the molecule is COC(=O)c1cc(CNC2CCCC(C)C2)oc1C. The van der Waals surface area contributed by atoms with Crippen LogP contribution < -0.4 is 5.32 Å². The van der Waals surface area contributed by atoms with Crippen molar-refractivity contribution in [1.29, 1.82) is 0 Å². The van der Waals surface area contributed by atoms with Gasteiger partial charge in [-0.25, -0.2) is 4.79 Å². The summed E-state index contributed by atoms with van der Waals surface area (Å²) >= 11 is 0. The first-order chi connectivity index (χ1) is 9.10. The summed E-state index contributed by atoms with van der Waals surface area (Å²) in [4.78, 5) is 11.5. The lowest BCUT2D eigenvalue weighted by atomic mass is 9.87. The molecule has 0 aliphatic heterocycles. The number of carbonyl (C=O) groups is 1. The molecule has 106 valence electrons. The molecule has 4 nitrogen and oxygen atoms in total. The Bertz CT molecular complexity index is 439. The molecule has 1 fully saturated rings. The van der Waals surface area contributed by atoms with Gasteiger partial charge in [0, 0.05) is 6.04 Å². The minimum absolute atomic E-state index is 0.334. The van der Waals surface area contributed by atoms with Gasteiger partial charge in [-0.2, -0.15) is 0 Å². The van der Waals surface area contributed by atoms with Crippen LogP contribution in [-0.2, 0) is 11.3 Å². The summed E-state index contributed by atoms with van der Waals surface area (Å²) < 4.78 is 10.3. The molecule has 0 amide bonds. The fourth-order valence-electron chi connectivity index (χ4n) is 2.81. The van der Waals surface area contributed by atoms with Crippen molar-refractivity contribution in [2.75, 3.05) is 7.11 Å². The van der Waals surface area contributed by atoms with Crippen molar-refractivity contribution in [2.45, 2.75) is 52.1 Å². The molecule has 2 atom stereocenters. The molecule has 1 N–H and O–H groups in total. The molecule has 2 unspecified atom stereocenters. The molecule has 1 aromatic rings. The lowest BCUT2D eigenvalue weighted by Crippen LogP contribution is -2.32. The van der Waals surface area contributed by atoms with E-state index in [-0.39, 0.29) is 5.97 Å². The van der Waals surface area contributed by atoms with Gasteiger partial charge in [0.1, 0.15) is 17.1 Å². The second-order valence-electron chi connectivity index (χ2n) is 5.52. The van der Waals surface area contributed by atoms with Gasteiger partial charge in [0.25, 0.3) is 0 Å². The van der Waals surface area contributed by atoms with Crippen LogP contribution in [0.3, 0.4) is 0 Å². The highest BCUT2D eigenvalue weighted by Crippen LogP contribution is 2.24. The predicted octanol–water partition coefficient (Wildman–Crippen LogP) is 3.04. The summed E-state index contributed by atoms with van der Waals surface area (Å²) in [5.74, 6) is 1.89. The average molecular weight is 265 g/mol. The molecule has 0 spiro atoms. The Hall–Kier alpha value is -1.29. The number of rotatable bonds is 4. The topological polar surface area (TPSA) is 51.5 Å². The molecule has 1 aliphatic carbocycles. The van der Waals surface area contributed by atoms with Gasteiger partial charge in [0.15, 0.2) is 0 Å². The molecular weight excluding hydrogens is 242 g/mol.